The van der Waals surface area contributed by atoms with Gasteiger partial charge in [-0.1, -0.05) is 11.8 Å². The molecule has 0 spiro atoms. The highest BCUT2D eigenvalue weighted by Gasteiger charge is 2.06. The topological polar surface area (TPSA) is 75.4 Å². The van der Waals surface area contributed by atoms with Crippen LogP contribution in [-0.2, 0) is 6.54 Å². The van der Waals surface area contributed by atoms with Crippen LogP contribution in [0.25, 0.3) is 0 Å². The van der Waals surface area contributed by atoms with Crippen LogP contribution in [0.2, 0.25) is 0 Å². The first-order valence-electron chi connectivity index (χ1n) is 6.15. The van der Waals surface area contributed by atoms with E-state index in [2.05, 4.69) is 22.1 Å². The molecule has 2 N–H and O–H groups in total. The Hall–Kier alpha value is -2.58. The summed E-state index contributed by atoms with van der Waals surface area (Å²) >= 11 is 0. The molecule has 0 radical (unpaired) electrons. The number of nitrogens with one attached hydrogen (secondary N) is 1. The molecule has 102 valence electrons. The van der Waals surface area contributed by atoms with Crippen LogP contribution in [0.5, 0.6) is 0 Å². The van der Waals surface area contributed by atoms with Crippen LogP contribution in [0.1, 0.15) is 28.1 Å². The predicted molar refractivity (Wildman–Crippen MR) is 72.7 cm³/mol. The maximum atomic E-state index is 11.9. The number of hydrogen-bond acceptors (Lipinski definition) is 4. The summed E-state index contributed by atoms with van der Waals surface area (Å²) in [6.45, 7) is 0.343. The van der Waals surface area contributed by atoms with Crippen molar-refractivity contribution < 1.29 is 14.3 Å². The fourth-order valence-corrected chi connectivity index (χ4v) is 1.54. The van der Waals surface area contributed by atoms with Gasteiger partial charge in [0.05, 0.1) is 25.0 Å². The zero-order valence-corrected chi connectivity index (χ0v) is 10.8. The molecule has 1 amide bonds. The molecule has 0 atom stereocenters. The summed E-state index contributed by atoms with van der Waals surface area (Å²) in [4.78, 5) is 15.9. The Morgan fingerprint density at radius 3 is 3.10 bits per heavy atom. The number of aromatic nitrogens is 1. The molecule has 0 fully saturated rings. The van der Waals surface area contributed by atoms with E-state index in [1.165, 1.54) is 6.20 Å². The lowest BCUT2D eigenvalue weighted by Crippen LogP contribution is -2.22. The van der Waals surface area contributed by atoms with Crippen LogP contribution in [0.15, 0.2) is 41.3 Å². The standard InChI is InChI=1S/C15H14N2O3/c18-6-2-1-4-12-8-13(10-16-9-12)15(19)17-11-14-5-3-7-20-14/h3,5,7-10,18H,2,6,11H2,(H,17,19). The van der Waals surface area contributed by atoms with E-state index in [4.69, 9.17) is 9.52 Å². The lowest BCUT2D eigenvalue weighted by atomic mass is 10.2. The zero-order chi connectivity index (χ0) is 14.2. The lowest BCUT2D eigenvalue weighted by Gasteiger charge is -2.03. The Labute approximate surface area is 116 Å². The molecule has 2 aromatic rings. The van der Waals surface area contributed by atoms with Crippen LogP contribution in [0.3, 0.4) is 0 Å². The average molecular weight is 270 g/mol. The van der Waals surface area contributed by atoms with Crippen molar-refractivity contribution in [1.82, 2.24) is 10.3 Å². The Morgan fingerprint density at radius 1 is 1.45 bits per heavy atom. The summed E-state index contributed by atoms with van der Waals surface area (Å²) in [5.74, 6) is 6.07. The van der Waals surface area contributed by atoms with Gasteiger partial charge in [-0.15, -0.1) is 0 Å². The molecule has 0 unspecified atom stereocenters. The van der Waals surface area contributed by atoms with E-state index in [0.29, 0.717) is 29.9 Å². The molecule has 5 nitrogen and oxygen atoms in total. The van der Waals surface area contributed by atoms with Crippen molar-refractivity contribution in [2.45, 2.75) is 13.0 Å². The first-order valence-corrected chi connectivity index (χ1v) is 6.15. The molecule has 0 bridgehead atoms. The molecule has 0 aliphatic rings. The van der Waals surface area contributed by atoms with Gasteiger partial charge in [-0.2, -0.15) is 0 Å². The Bertz CT molecular complexity index is 624. The van der Waals surface area contributed by atoms with Gasteiger partial charge >= 0.3 is 0 Å². The maximum Gasteiger partial charge on any atom is 0.253 e. The van der Waals surface area contributed by atoms with Gasteiger partial charge in [0.15, 0.2) is 0 Å². The predicted octanol–water partition coefficient (Wildman–Crippen LogP) is 1.34. The van der Waals surface area contributed by atoms with Crippen molar-refractivity contribution in [3.8, 4) is 11.8 Å². The van der Waals surface area contributed by atoms with Gasteiger partial charge in [0.25, 0.3) is 5.91 Å². The van der Waals surface area contributed by atoms with Crippen molar-refractivity contribution in [1.29, 1.82) is 0 Å². The number of amides is 1. The molecule has 2 heterocycles. The second kappa shape index (κ2) is 7.12. The second-order valence-electron chi connectivity index (χ2n) is 4.00. The monoisotopic (exact) mass is 270 g/mol. The number of aliphatic hydroxyl groups excluding tert-OH is 1. The minimum Gasteiger partial charge on any atom is -0.467 e. The summed E-state index contributed by atoms with van der Waals surface area (Å²) in [5, 5.41) is 11.4. The fraction of sp³-hybridized carbons (Fsp3) is 0.200. The van der Waals surface area contributed by atoms with Gasteiger partial charge < -0.3 is 14.8 Å². The summed E-state index contributed by atoms with van der Waals surface area (Å²) < 4.78 is 5.13. The third-order valence-corrected chi connectivity index (χ3v) is 2.47. The number of rotatable bonds is 4. The van der Waals surface area contributed by atoms with Crippen molar-refractivity contribution in [2.75, 3.05) is 6.61 Å². The first-order chi connectivity index (χ1) is 9.79. The van der Waals surface area contributed by atoms with E-state index in [1.807, 2.05) is 0 Å². The number of nitrogens with zero attached hydrogens (tertiary/aromatic N) is 1. The van der Waals surface area contributed by atoms with Crippen molar-refractivity contribution in [3.63, 3.8) is 0 Å². The van der Waals surface area contributed by atoms with Gasteiger partial charge in [-0.25, -0.2) is 0 Å². The van der Waals surface area contributed by atoms with E-state index in [1.54, 1.807) is 30.7 Å². The maximum absolute atomic E-state index is 11.9. The zero-order valence-electron chi connectivity index (χ0n) is 10.8. The van der Waals surface area contributed by atoms with Crippen molar-refractivity contribution in [2.24, 2.45) is 0 Å². The van der Waals surface area contributed by atoms with Gasteiger partial charge in [0, 0.05) is 24.4 Å². The summed E-state index contributed by atoms with van der Waals surface area (Å²) in [7, 11) is 0. The molecule has 0 aliphatic heterocycles. The number of carbonyl (C=O) groups excluding carboxylic acids is 1. The van der Waals surface area contributed by atoms with Crippen LogP contribution in [-0.4, -0.2) is 22.6 Å². The molecule has 2 aromatic heterocycles. The van der Waals surface area contributed by atoms with E-state index in [-0.39, 0.29) is 12.5 Å². The van der Waals surface area contributed by atoms with Crippen LogP contribution >= 0.6 is 0 Å². The third-order valence-electron chi connectivity index (χ3n) is 2.47. The van der Waals surface area contributed by atoms with Gasteiger partial charge in [-0.3, -0.25) is 9.78 Å². The van der Waals surface area contributed by atoms with Crippen LogP contribution < -0.4 is 5.32 Å². The van der Waals surface area contributed by atoms with Gasteiger partial charge in [-0.05, 0) is 18.2 Å². The molecular weight excluding hydrogens is 256 g/mol. The van der Waals surface area contributed by atoms with E-state index >= 15 is 0 Å². The highest BCUT2D eigenvalue weighted by Crippen LogP contribution is 2.03. The molecule has 0 saturated heterocycles. The number of aliphatic hydroxyl groups is 1. The highest BCUT2D eigenvalue weighted by molar-refractivity contribution is 5.94. The van der Waals surface area contributed by atoms with Crippen molar-refractivity contribution >= 4 is 5.91 Å². The molecule has 0 aromatic carbocycles. The normalized spacial score (nSPS) is 9.65. The molecule has 2 rings (SSSR count). The second-order valence-corrected chi connectivity index (χ2v) is 4.00. The minimum atomic E-state index is -0.236. The lowest BCUT2D eigenvalue weighted by molar-refractivity contribution is 0.0947. The number of furan rings is 1. The highest BCUT2D eigenvalue weighted by atomic mass is 16.3. The number of hydrogen-bond donors (Lipinski definition) is 2. The third kappa shape index (κ3) is 3.97. The minimum absolute atomic E-state index is 0.0176. The Balaban J connectivity index is 1.99. The number of carbonyl (C=O) groups is 1. The molecule has 20 heavy (non-hydrogen) atoms. The van der Waals surface area contributed by atoms with Gasteiger partial charge in [0.2, 0.25) is 0 Å². The Morgan fingerprint density at radius 2 is 2.35 bits per heavy atom. The van der Waals surface area contributed by atoms with Gasteiger partial charge in [0.1, 0.15) is 5.76 Å². The largest absolute Gasteiger partial charge is 0.467 e. The summed E-state index contributed by atoms with van der Waals surface area (Å²) in [5.41, 5.74) is 1.08. The van der Waals surface area contributed by atoms with Crippen LogP contribution in [0.4, 0.5) is 0 Å². The summed E-state index contributed by atoms with van der Waals surface area (Å²) in [6.07, 6.45) is 5.01. The molecule has 0 saturated carbocycles. The molecule has 0 aliphatic carbocycles. The average Bonchev–Trinajstić information content (AvgIpc) is 2.99. The first kappa shape index (κ1) is 13.8. The smallest absolute Gasteiger partial charge is 0.253 e. The Kier molecular flexibility index (Phi) is 4.93. The van der Waals surface area contributed by atoms with Crippen molar-refractivity contribution in [3.05, 3.63) is 53.7 Å². The van der Waals surface area contributed by atoms with E-state index in [9.17, 15) is 4.79 Å². The van der Waals surface area contributed by atoms with E-state index in [0.717, 1.165) is 0 Å². The molecular formula is C15H14N2O3. The summed E-state index contributed by atoms with van der Waals surface area (Å²) in [6, 6.07) is 5.21. The van der Waals surface area contributed by atoms with Crippen LogP contribution in [0, 0.1) is 11.8 Å². The van der Waals surface area contributed by atoms with E-state index < -0.39 is 0 Å². The quantitative estimate of drug-likeness (QED) is 0.822. The SMILES string of the molecule is O=C(NCc1ccco1)c1cncc(C#CCCO)c1. The number of pyridine rings is 1. The fourth-order valence-electron chi connectivity index (χ4n) is 1.54. The molecule has 5 heteroatoms.